The third kappa shape index (κ3) is 1.42. The number of aromatic nitrogens is 1. The molecule has 4 bridgehead atoms. The van der Waals surface area contributed by atoms with Crippen molar-refractivity contribution in [3.8, 4) is 0 Å². The Hall–Kier alpha value is -1.87. The summed E-state index contributed by atoms with van der Waals surface area (Å²) in [4.78, 5) is 18.0. The van der Waals surface area contributed by atoms with E-state index in [0.717, 1.165) is 19.4 Å². The van der Waals surface area contributed by atoms with Gasteiger partial charge in [-0.05, 0) is 37.3 Å². The zero-order valence-electron chi connectivity index (χ0n) is 12.8. The maximum atomic E-state index is 11.8. The molecule has 4 aliphatic rings. The van der Waals surface area contributed by atoms with E-state index in [1.54, 1.807) is 0 Å². The number of carbonyl (C=O) groups excluding carboxylic acids is 1. The van der Waals surface area contributed by atoms with Crippen LogP contribution in [0.15, 0.2) is 35.9 Å². The van der Waals surface area contributed by atoms with Gasteiger partial charge in [-0.25, -0.2) is 0 Å². The molecule has 2 aromatic rings. The van der Waals surface area contributed by atoms with Crippen molar-refractivity contribution in [2.24, 2.45) is 11.8 Å². The molecule has 5 heterocycles. The fourth-order valence-electron chi connectivity index (χ4n) is 5.17. The number of hydrogen-bond donors (Lipinski definition) is 1. The second-order valence-corrected chi connectivity index (χ2v) is 6.94. The van der Waals surface area contributed by atoms with E-state index in [9.17, 15) is 4.79 Å². The van der Waals surface area contributed by atoms with Crippen molar-refractivity contribution in [2.75, 3.05) is 6.54 Å². The summed E-state index contributed by atoms with van der Waals surface area (Å²) >= 11 is 0. The van der Waals surface area contributed by atoms with Crippen molar-refractivity contribution in [1.82, 2.24) is 9.88 Å². The van der Waals surface area contributed by atoms with Gasteiger partial charge in [0.1, 0.15) is 6.29 Å². The molecule has 6 rings (SSSR count). The summed E-state index contributed by atoms with van der Waals surface area (Å²) in [7, 11) is 0. The summed E-state index contributed by atoms with van der Waals surface area (Å²) in [6, 6.07) is 9.44. The molecular formula is C19H20N2O. The minimum atomic E-state index is 0.165. The number of H-pyrrole nitrogens is 1. The van der Waals surface area contributed by atoms with Crippen molar-refractivity contribution in [1.29, 1.82) is 0 Å². The standard InChI is InChI=1S/C19H20N2O/c1-2-11-9-21-17-8-14-12-5-3-4-6-16(12)20-19(14)18(21)7-13(11)15(17)10-22/h2-6,10,13,15,17-18,20H,7-9H2,1H3/b11-2+/t13-,15?,17?,18-/m0/s1. The van der Waals surface area contributed by atoms with Gasteiger partial charge in [-0.3, -0.25) is 4.90 Å². The zero-order valence-corrected chi connectivity index (χ0v) is 12.8. The second-order valence-electron chi connectivity index (χ2n) is 6.94. The Bertz CT molecular complexity index is 803. The summed E-state index contributed by atoms with van der Waals surface area (Å²) in [6.45, 7) is 3.15. The third-order valence-electron chi connectivity index (χ3n) is 6.17. The van der Waals surface area contributed by atoms with Crippen molar-refractivity contribution in [3.05, 3.63) is 47.2 Å². The maximum Gasteiger partial charge on any atom is 0.125 e. The van der Waals surface area contributed by atoms with Gasteiger partial charge in [0.2, 0.25) is 0 Å². The highest BCUT2D eigenvalue weighted by molar-refractivity contribution is 5.85. The topological polar surface area (TPSA) is 36.1 Å². The molecule has 0 aliphatic carbocycles. The van der Waals surface area contributed by atoms with Crippen molar-refractivity contribution < 1.29 is 4.79 Å². The number of carbonyl (C=O) groups is 1. The average Bonchev–Trinajstić information content (AvgIpc) is 2.93. The summed E-state index contributed by atoms with van der Waals surface area (Å²) in [5.41, 5.74) is 5.56. The number of fused-ring (bicyclic) bond motifs is 4. The van der Waals surface area contributed by atoms with Crippen LogP contribution in [0.4, 0.5) is 0 Å². The molecule has 0 amide bonds. The fourth-order valence-corrected chi connectivity index (χ4v) is 5.17. The monoisotopic (exact) mass is 292 g/mol. The number of aromatic amines is 1. The van der Waals surface area contributed by atoms with Gasteiger partial charge in [-0.15, -0.1) is 0 Å². The SMILES string of the molecule is C/C=C1\CN2C3Cc4c([nH]c5ccccc45)[C@@H]2C[C@@H]1C3C=O. The largest absolute Gasteiger partial charge is 0.357 e. The Morgan fingerprint density at radius 3 is 3.00 bits per heavy atom. The quantitative estimate of drug-likeness (QED) is 0.647. The predicted octanol–water partition coefficient (Wildman–Crippen LogP) is 3.23. The molecule has 3 fully saturated rings. The molecular weight excluding hydrogens is 272 g/mol. The fraction of sp³-hybridized carbons (Fsp3) is 0.421. The first-order valence-corrected chi connectivity index (χ1v) is 8.27. The molecule has 1 N–H and O–H groups in total. The van der Waals surface area contributed by atoms with Gasteiger partial charge < -0.3 is 9.78 Å². The molecule has 3 heteroatoms. The van der Waals surface area contributed by atoms with E-state index in [1.165, 1.54) is 34.0 Å². The van der Waals surface area contributed by atoms with Gasteiger partial charge in [-0.1, -0.05) is 29.8 Å². The molecule has 0 spiro atoms. The molecule has 0 saturated carbocycles. The molecule has 0 radical (unpaired) electrons. The van der Waals surface area contributed by atoms with E-state index >= 15 is 0 Å². The van der Waals surface area contributed by atoms with Crippen LogP contribution in [0.5, 0.6) is 0 Å². The molecule has 1 aromatic heterocycles. The smallest absolute Gasteiger partial charge is 0.125 e. The number of nitrogens with one attached hydrogen (secondary N) is 1. The normalized spacial score (nSPS) is 37.5. The Kier molecular flexibility index (Phi) is 2.49. The van der Waals surface area contributed by atoms with Crippen LogP contribution in [0.2, 0.25) is 0 Å². The van der Waals surface area contributed by atoms with E-state index in [4.69, 9.17) is 0 Å². The molecule has 3 nitrogen and oxygen atoms in total. The lowest BCUT2D eigenvalue weighted by atomic mass is 9.64. The van der Waals surface area contributed by atoms with Crippen molar-refractivity contribution >= 4 is 17.2 Å². The first-order valence-electron chi connectivity index (χ1n) is 8.27. The molecule has 22 heavy (non-hydrogen) atoms. The highest BCUT2D eigenvalue weighted by Crippen LogP contribution is 2.53. The number of nitrogens with zero attached hydrogens (tertiary/aromatic N) is 1. The Balaban J connectivity index is 1.70. The van der Waals surface area contributed by atoms with Gasteiger partial charge in [0, 0.05) is 35.1 Å². The lowest BCUT2D eigenvalue weighted by Gasteiger charge is -2.57. The van der Waals surface area contributed by atoms with E-state index in [2.05, 4.69) is 47.1 Å². The Labute approximate surface area is 130 Å². The van der Waals surface area contributed by atoms with E-state index < -0.39 is 0 Å². The first kappa shape index (κ1) is 12.7. The minimum absolute atomic E-state index is 0.165. The van der Waals surface area contributed by atoms with Gasteiger partial charge in [-0.2, -0.15) is 0 Å². The molecule has 112 valence electrons. The molecule has 3 unspecified atom stereocenters. The minimum Gasteiger partial charge on any atom is -0.357 e. The number of rotatable bonds is 1. The Morgan fingerprint density at radius 2 is 2.18 bits per heavy atom. The molecule has 4 aliphatic heterocycles. The summed E-state index contributed by atoms with van der Waals surface area (Å²) < 4.78 is 0. The van der Waals surface area contributed by atoms with Crippen molar-refractivity contribution in [3.63, 3.8) is 0 Å². The maximum absolute atomic E-state index is 11.8. The number of piperidine rings is 3. The van der Waals surface area contributed by atoms with Gasteiger partial charge >= 0.3 is 0 Å². The lowest BCUT2D eigenvalue weighted by Crippen LogP contribution is -2.60. The number of allylic oxidation sites excluding steroid dienone is 1. The van der Waals surface area contributed by atoms with Crippen LogP contribution >= 0.6 is 0 Å². The van der Waals surface area contributed by atoms with Crippen LogP contribution in [0.3, 0.4) is 0 Å². The van der Waals surface area contributed by atoms with Crippen LogP contribution < -0.4 is 0 Å². The third-order valence-corrected chi connectivity index (χ3v) is 6.17. The molecule has 1 aromatic carbocycles. The van der Waals surface area contributed by atoms with Gasteiger partial charge in [0.05, 0.1) is 6.04 Å². The first-order chi connectivity index (χ1) is 10.8. The van der Waals surface area contributed by atoms with E-state index in [-0.39, 0.29) is 5.92 Å². The summed E-state index contributed by atoms with van der Waals surface area (Å²) in [5, 5.41) is 1.35. The van der Waals surface area contributed by atoms with Crippen LogP contribution in [0.1, 0.15) is 30.6 Å². The highest BCUT2D eigenvalue weighted by atomic mass is 16.1. The van der Waals surface area contributed by atoms with E-state index in [0.29, 0.717) is 18.0 Å². The van der Waals surface area contributed by atoms with Crippen molar-refractivity contribution in [2.45, 2.75) is 31.8 Å². The summed E-state index contributed by atoms with van der Waals surface area (Å²) in [5.74, 6) is 0.611. The predicted molar refractivity (Wildman–Crippen MR) is 86.7 cm³/mol. The number of aldehydes is 1. The second kappa shape index (κ2) is 4.32. The highest BCUT2D eigenvalue weighted by Gasteiger charge is 2.52. The molecule has 3 saturated heterocycles. The number of para-hydroxylation sites is 1. The lowest BCUT2D eigenvalue weighted by molar-refractivity contribution is -0.121. The van der Waals surface area contributed by atoms with Crippen LogP contribution in [0, 0.1) is 11.8 Å². The average molecular weight is 292 g/mol. The van der Waals surface area contributed by atoms with Crippen LogP contribution in [-0.2, 0) is 11.2 Å². The Morgan fingerprint density at radius 1 is 1.32 bits per heavy atom. The van der Waals surface area contributed by atoms with Crippen LogP contribution in [-0.4, -0.2) is 28.8 Å². The van der Waals surface area contributed by atoms with E-state index in [1.807, 2.05) is 0 Å². The van der Waals surface area contributed by atoms with Gasteiger partial charge in [0.25, 0.3) is 0 Å². The molecule has 5 atom stereocenters. The van der Waals surface area contributed by atoms with Gasteiger partial charge in [0.15, 0.2) is 0 Å². The number of hydrogen-bond acceptors (Lipinski definition) is 2. The van der Waals surface area contributed by atoms with Crippen LogP contribution in [0.25, 0.3) is 10.9 Å². The number of benzene rings is 1. The zero-order chi connectivity index (χ0) is 14.8. The summed E-state index contributed by atoms with van der Waals surface area (Å²) in [6.07, 6.45) is 5.54.